The van der Waals surface area contributed by atoms with E-state index in [4.69, 9.17) is 0 Å². The number of hydrogen-bond acceptors (Lipinski definition) is 2. The normalized spacial score (nSPS) is 25.9. The van der Waals surface area contributed by atoms with Gasteiger partial charge in [-0.25, -0.2) is 0 Å². The van der Waals surface area contributed by atoms with Crippen molar-refractivity contribution >= 4 is 0 Å². The molecule has 2 unspecified atom stereocenters. The molecule has 1 aliphatic rings. The van der Waals surface area contributed by atoms with Crippen LogP contribution in [0.15, 0.2) is 18.3 Å². The van der Waals surface area contributed by atoms with Crippen molar-refractivity contribution in [1.82, 2.24) is 10.3 Å². The van der Waals surface area contributed by atoms with E-state index >= 15 is 0 Å². The maximum Gasteiger partial charge on any atom is 0.0481 e. The van der Waals surface area contributed by atoms with Crippen LogP contribution in [0.5, 0.6) is 0 Å². The molecule has 1 aliphatic carbocycles. The third kappa shape index (κ3) is 1.67. The first-order chi connectivity index (χ1) is 6.83. The van der Waals surface area contributed by atoms with E-state index in [-0.39, 0.29) is 0 Å². The fourth-order valence-corrected chi connectivity index (χ4v) is 2.37. The lowest BCUT2D eigenvalue weighted by Crippen LogP contribution is -2.28. The Labute approximate surface area is 85.7 Å². The van der Waals surface area contributed by atoms with Crippen LogP contribution in [0.3, 0.4) is 0 Å². The number of nitrogens with zero attached hydrogens (tertiary/aromatic N) is 1. The molecule has 1 aromatic rings. The fraction of sp³-hybridized carbons (Fsp3) is 0.583. The van der Waals surface area contributed by atoms with Crippen LogP contribution in [0, 0.1) is 5.92 Å². The highest BCUT2D eigenvalue weighted by Gasteiger charge is 2.26. The highest BCUT2D eigenvalue weighted by molar-refractivity contribution is 5.27. The molecule has 1 heterocycles. The molecule has 76 valence electrons. The first kappa shape index (κ1) is 9.66. The summed E-state index contributed by atoms with van der Waals surface area (Å²) in [6, 6.07) is 4.27. The van der Waals surface area contributed by atoms with Gasteiger partial charge in [0.05, 0.1) is 0 Å². The summed E-state index contributed by atoms with van der Waals surface area (Å²) in [5, 5.41) is 3.27. The molecule has 2 heteroatoms. The lowest BCUT2D eigenvalue weighted by Gasteiger charge is -2.30. The lowest BCUT2D eigenvalue weighted by molar-refractivity contribution is 0.384. The maximum absolute atomic E-state index is 4.53. The van der Waals surface area contributed by atoms with Gasteiger partial charge in [-0.3, -0.25) is 4.98 Å². The third-order valence-electron chi connectivity index (χ3n) is 3.26. The average Bonchev–Trinajstić information content (AvgIpc) is 2.23. The van der Waals surface area contributed by atoms with Gasteiger partial charge in [0.15, 0.2) is 0 Å². The van der Waals surface area contributed by atoms with Crippen molar-refractivity contribution in [3.8, 4) is 0 Å². The van der Waals surface area contributed by atoms with Gasteiger partial charge in [-0.15, -0.1) is 0 Å². The van der Waals surface area contributed by atoms with Crippen molar-refractivity contribution in [2.45, 2.75) is 25.7 Å². The Kier molecular flexibility index (Phi) is 2.82. The molecule has 2 nitrogen and oxygen atoms in total. The Morgan fingerprint density at radius 2 is 2.43 bits per heavy atom. The smallest absolute Gasteiger partial charge is 0.0481 e. The van der Waals surface area contributed by atoms with Crippen LogP contribution in [0.1, 0.15) is 30.5 Å². The van der Waals surface area contributed by atoms with Gasteiger partial charge in [-0.2, -0.15) is 0 Å². The molecule has 0 aliphatic heterocycles. The largest absolute Gasteiger partial charge is 0.319 e. The van der Waals surface area contributed by atoms with Gasteiger partial charge in [0.2, 0.25) is 0 Å². The summed E-state index contributed by atoms with van der Waals surface area (Å²) in [4.78, 5) is 4.53. The summed E-state index contributed by atoms with van der Waals surface area (Å²) in [7, 11) is 2.02. The van der Waals surface area contributed by atoms with Crippen LogP contribution in [0.4, 0.5) is 0 Å². The predicted molar refractivity (Wildman–Crippen MR) is 58.4 cm³/mol. The van der Waals surface area contributed by atoms with Crippen molar-refractivity contribution in [2.75, 3.05) is 13.6 Å². The molecule has 1 aromatic heterocycles. The monoisotopic (exact) mass is 190 g/mol. The van der Waals surface area contributed by atoms with Gasteiger partial charge < -0.3 is 5.32 Å². The second-order valence-electron chi connectivity index (χ2n) is 4.23. The van der Waals surface area contributed by atoms with Crippen LogP contribution in [-0.2, 0) is 6.42 Å². The van der Waals surface area contributed by atoms with Crippen molar-refractivity contribution in [1.29, 1.82) is 0 Å². The minimum Gasteiger partial charge on any atom is -0.319 e. The van der Waals surface area contributed by atoms with Crippen LogP contribution in [0.25, 0.3) is 0 Å². The second kappa shape index (κ2) is 4.09. The van der Waals surface area contributed by atoms with E-state index in [2.05, 4.69) is 23.3 Å². The fourth-order valence-electron chi connectivity index (χ4n) is 2.37. The molecule has 0 saturated heterocycles. The van der Waals surface area contributed by atoms with Crippen molar-refractivity contribution in [3.05, 3.63) is 29.6 Å². The lowest BCUT2D eigenvalue weighted by atomic mass is 9.79. The number of aromatic nitrogens is 1. The zero-order valence-electron chi connectivity index (χ0n) is 8.96. The first-order valence-electron chi connectivity index (χ1n) is 5.41. The summed E-state index contributed by atoms with van der Waals surface area (Å²) in [6.45, 7) is 3.38. The Morgan fingerprint density at radius 3 is 3.21 bits per heavy atom. The minimum absolute atomic E-state index is 0.602. The van der Waals surface area contributed by atoms with E-state index in [9.17, 15) is 0 Å². The zero-order chi connectivity index (χ0) is 9.97. The SMILES string of the molecule is CNCC1c2ncccc2CCC1C. The molecule has 0 amide bonds. The molecule has 0 bridgehead atoms. The molecule has 2 atom stereocenters. The van der Waals surface area contributed by atoms with Crippen LogP contribution < -0.4 is 5.32 Å². The van der Waals surface area contributed by atoms with Gasteiger partial charge in [0.1, 0.15) is 0 Å². The van der Waals surface area contributed by atoms with E-state index in [0.29, 0.717) is 5.92 Å². The number of aryl methyl sites for hydroxylation is 1. The minimum atomic E-state index is 0.602. The van der Waals surface area contributed by atoms with E-state index in [0.717, 1.165) is 12.5 Å². The van der Waals surface area contributed by atoms with Crippen molar-refractivity contribution < 1.29 is 0 Å². The third-order valence-corrected chi connectivity index (χ3v) is 3.26. The maximum atomic E-state index is 4.53. The molecule has 0 aromatic carbocycles. The molecular weight excluding hydrogens is 172 g/mol. The molecule has 2 rings (SSSR count). The molecule has 0 radical (unpaired) electrons. The molecule has 0 fully saturated rings. The molecular formula is C12H18N2. The van der Waals surface area contributed by atoms with Gasteiger partial charge in [0.25, 0.3) is 0 Å². The number of pyridine rings is 1. The summed E-state index contributed by atoms with van der Waals surface area (Å²) in [6.07, 6.45) is 4.41. The predicted octanol–water partition coefficient (Wildman–Crippen LogP) is 1.97. The zero-order valence-corrected chi connectivity index (χ0v) is 8.96. The first-order valence-corrected chi connectivity index (χ1v) is 5.41. The van der Waals surface area contributed by atoms with Gasteiger partial charge >= 0.3 is 0 Å². The molecule has 0 saturated carbocycles. The quantitative estimate of drug-likeness (QED) is 0.771. The number of nitrogens with one attached hydrogen (secondary N) is 1. The Hall–Kier alpha value is -0.890. The summed E-state index contributed by atoms with van der Waals surface area (Å²) in [5.74, 6) is 1.36. The van der Waals surface area contributed by atoms with Gasteiger partial charge in [-0.1, -0.05) is 13.0 Å². The van der Waals surface area contributed by atoms with Crippen molar-refractivity contribution in [3.63, 3.8) is 0 Å². The van der Waals surface area contributed by atoms with E-state index in [1.54, 1.807) is 0 Å². The number of hydrogen-bond donors (Lipinski definition) is 1. The average molecular weight is 190 g/mol. The molecule has 1 N–H and O–H groups in total. The Bertz CT molecular complexity index is 309. The van der Waals surface area contributed by atoms with Crippen LogP contribution in [-0.4, -0.2) is 18.6 Å². The van der Waals surface area contributed by atoms with Gasteiger partial charge in [0, 0.05) is 24.4 Å². The highest BCUT2D eigenvalue weighted by atomic mass is 14.8. The Morgan fingerprint density at radius 1 is 1.57 bits per heavy atom. The molecule has 0 spiro atoms. The summed E-state index contributed by atoms with van der Waals surface area (Å²) < 4.78 is 0. The van der Waals surface area contributed by atoms with Gasteiger partial charge in [-0.05, 0) is 37.4 Å². The van der Waals surface area contributed by atoms with Crippen molar-refractivity contribution in [2.24, 2.45) is 5.92 Å². The number of likely N-dealkylation sites (N-methyl/N-ethyl adjacent to an activating group) is 1. The van der Waals surface area contributed by atoms with E-state index in [1.807, 2.05) is 19.3 Å². The molecule has 14 heavy (non-hydrogen) atoms. The number of rotatable bonds is 2. The van der Waals surface area contributed by atoms with Crippen LogP contribution >= 0.6 is 0 Å². The standard InChI is InChI=1S/C12H18N2/c1-9-5-6-10-4-3-7-14-12(10)11(9)8-13-2/h3-4,7,9,11,13H,5-6,8H2,1-2H3. The van der Waals surface area contributed by atoms with E-state index in [1.165, 1.54) is 24.1 Å². The highest BCUT2D eigenvalue weighted by Crippen LogP contribution is 2.33. The second-order valence-corrected chi connectivity index (χ2v) is 4.23. The van der Waals surface area contributed by atoms with Crippen LogP contribution in [0.2, 0.25) is 0 Å². The summed E-state index contributed by atoms with van der Waals surface area (Å²) in [5.41, 5.74) is 2.77. The Balaban J connectivity index is 2.31. The number of fused-ring (bicyclic) bond motifs is 1. The van der Waals surface area contributed by atoms with E-state index < -0.39 is 0 Å². The topological polar surface area (TPSA) is 24.9 Å². The summed E-state index contributed by atoms with van der Waals surface area (Å²) >= 11 is 0.